The third-order valence-electron chi connectivity index (χ3n) is 9.02. The van der Waals surface area contributed by atoms with Crippen molar-refractivity contribution in [3.8, 4) is 11.5 Å². The highest BCUT2D eigenvalue weighted by atomic mass is 16.5. The number of aliphatic hydroxyl groups excluding tert-OH is 1. The maximum absolute atomic E-state index is 13.0. The predicted octanol–water partition coefficient (Wildman–Crippen LogP) is 3.13. The zero-order chi connectivity index (χ0) is 25.3. The van der Waals surface area contributed by atoms with E-state index in [1.54, 1.807) is 0 Å². The maximum Gasteiger partial charge on any atom is 0.326 e. The first-order chi connectivity index (χ1) is 17.1. The molecule has 2 saturated carbocycles. The number of fused-ring (bicyclic) bond motifs is 4. The molecule has 2 aromatic carbocycles. The average Bonchev–Trinajstić information content (AvgIpc) is 3.52. The number of nitrogens with one attached hydrogen (secondary N) is 3. The van der Waals surface area contributed by atoms with Crippen LogP contribution < -0.4 is 21.1 Å². The lowest BCUT2D eigenvalue weighted by atomic mass is 9.69. The summed E-state index contributed by atoms with van der Waals surface area (Å²) in [6, 6.07) is 10.8. The number of benzene rings is 2. The van der Waals surface area contributed by atoms with Gasteiger partial charge in [0.05, 0.1) is 28.4 Å². The molecule has 1 aromatic heterocycles. The SMILES string of the molecule is CC(C)(NCC(O)c1cc(O)cc2c1OCC(=O)N2)C12CCC(n3c(=O)[nH]c4ccccc43)(CC1)C2. The molecule has 6 rings (SSSR count). The van der Waals surface area contributed by atoms with E-state index in [1.807, 2.05) is 28.8 Å². The molecule has 36 heavy (non-hydrogen) atoms. The van der Waals surface area contributed by atoms with Crippen LogP contribution in [0.1, 0.15) is 57.6 Å². The maximum atomic E-state index is 13.0. The van der Waals surface area contributed by atoms with Crippen molar-refractivity contribution >= 4 is 22.6 Å². The number of phenols is 1. The number of rotatable bonds is 6. The number of aromatic hydroxyl groups is 1. The van der Waals surface area contributed by atoms with Crippen LogP contribution in [0, 0.1) is 5.41 Å². The highest BCUT2D eigenvalue weighted by molar-refractivity contribution is 5.96. The number of phenolic OH excluding ortho intramolecular Hbond substituents is 1. The normalized spacial score (nSPS) is 26.0. The number of nitrogens with zero attached hydrogens (tertiary/aromatic N) is 1. The second-order valence-electron chi connectivity index (χ2n) is 11.2. The van der Waals surface area contributed by atoms with E-state index in [9.17, 15) is 19.8 Å². The topological polar surface area (TPSA) is 129 Å². The Morgan fingerprint density at radius 3 is 2.69 bits per heavy atom. The molecule has 2 aliphatic carbocycles. The minimum Gasteiger partial charge on any atom is -0.508 e. The van der Waals surface area contributed by atoms with E-state index in [1.165, 1.54) is 12.1 Å². The summed E-state index contributed by atoms with van der Waals surface area (Å²) in [6.45, 7) is 4.47. The Labute approximate surface area is 208 Å². The molecule has 9 nitrogen and oxygen atoms in total. The fourth-order valence-corrected chi connectivity index (χ4v) is 6.96. The Morgan fingerprint density at radius 1 is 1.17 bits per heavy atom. The van der Waals surface area contributed by atoms with E-state index in [0.717, 1.165) is 43.1 Å². The number of β-amino-alcohol motifs (C(OH)–C–C–N with tert-alkyl or cyclic N) is 1. The zero-order valence-electron chi connectivity index (χ0n) is 20.6. The number of amides is 1. The summed E-state index contributed by atoms with van der Waals surface area (Å²) in [5.74, 6) is 0.0382. The average molecular weight is 493 g/mol. The van der Waals surface area contributed by atoms with Gasteiger partial charge in [-0.05, 0) is 69.6 Å². The Hall–Kier alpha value is -3.30. The molecule has 2 bridgehead atoms. The first-order valence-corrected chi connectivity index (χ1v) is 12.6. The molecule has 0 saturated heterocycles. The van der Waals surface area contributed by atoms with Gasteiger partial charge in [0.1, 0.15) is 11.5 Å². The van der Waals surface area contributed by atoms with E-state index < -0.39 is 6.10 Å². The number of imidazole rings is 1. The predicted molar refractivity (Wildman–Crippen MR) is 135 cm³/mol. The summed E-state index contributed by atoms with van der Waals surface area (Å²) in [5, 5.41) is 27.5. The molecular weight excluding hydrogens is 460 g/mol. The highest BCUT2D eigenvalue weighted by Gasteiger charge is 2.61. The van der Waals surface area contributed by atoms with Gasteiger partial charge in [-0.3, -0.25) is 9.36 Å². The van der Waals surface area contributed by atoms with Crippen molar-refractivity contribution in [1.29, 1.82) is 0 Å². The van der Waals surface area contributed by atoms with E-state index in [-0.39, 0.29) is 47.0 Å². The summed E-state index contributed by atoms with van der Waals surface area (Å²) in [5.41, 5.74) is 2.04. The molecule has 1 atom stereocenters. The second-order valence-corrected chi connectivity index (χ2v) is 11.2. The Bertz CT molecular complexity index is 1410. The number of para-hydroxylation sites is 2. The number of ether oxygens (including phenoxy) is 1. The van der Waals surface area contributed by atoms with Gasteiger partial charge in [-0.2, -0.15) is 0 Å². The fraction of sp³-hybridized carbons (Fsp3) is 0.481. The van der Waals surface area contributed by atoms with Crippen molar-refractivity contribution in [2.24, 2.45) is 5.41 Å². The van der Waals surface area contributed by atoms with Crippen molar-refractivity contribution in [3.05, 3.63) is 52.4 Å². The summed E-state index contributed by atoms with van der Waals surface area (Å²) in [6.07, 6.45) is 3.82. The van der Waals surface area contributed by atoms with Crippen LogP contribution in [0.4, 0.5) is 5.69 Å². The van der Waals surface area contributed by atoms with Gasteiger partial charge >= 0.3 is 5.69 Å². The van der Waals surface area contributed by atoms with Gasteiger partial charge in [-0.15, -0.1) is 0 Å². The molecule has 3 aromatic rings. The van der Waals surface area contributed by atoms with Gasteiger partial charge in [0.2, 0.25) is 0 Å². The molecule has 2 fully saturated rings. The Balaban J connectivity index is 1.23. The number of hydrogen-bond acceptors (Lipinski definition) is 6. The van der Waals surface area contributed by atoms with Gasteiger partial charge in [-0.1, -0.05) is 12.1 Å². The van der Waals surface area contributed by atoms with Crippen LogP contribution in [-0.4, -0.2) is 44.4 Å². The van der Waals surface area contributed by atoms with Crippen LogP contribution in [0.2, 0.25) is 0 Å². The third-order valence-corrected chi connectivity index (χ3v) is 9.02. The van der Waals surface area contributed by atoms with Gasteiger partial charge in [-0.25, -0.2) is 4.79 Å². The van der Waals surface area contributed by atoms with Crippen LogP contribution in [-0.2, 0) is 10.3 Å². The van der Waals surface area contributed by atoms with Crippen LogP contribution in [0.5, 0.6) is 11.5 Å². The standard InChI is InChI=1S/C27H32N4O5/c1-25(2,28-13-21(33)17-11-16(32)12-19-23(17)36-14-22(34)29-19)26-7-9-27(15-26,10-8-26)31-20-6-4-3-5-18(20)30-24(31)35/h3-6,11-12,21,28,32-33H,7-10,13-15H2,1-2H3,(H,29,34)(H,30,35). The lowest BCUT2D eigenvalue weighted by Gasteiger charge is -2.44. The first kappa shape index (κ1) is 23.1. The quantitative estimate of drug-likeness (QED) is 0.360. The highest BCUT2D eigenvalue weighted by Crippen LogP contribution is 2.64. The van der Waals surface area contributed by atoms with Gasteiger partial charge in [0.15, 0.2) is 6.61 Å². The van der Waals surface area contributed by atoms with Gasteiger partial charge in [0, 0.05) is 23.7 Å². The van der Waals surface area contributed by atoms with Gasteiger partial charge in [0.25, 0.3) is 5.91 Å². The minimum atomic E-state index is -0.944. The van der Waals surface area contributed by atoms with Crippen molar-refractivity contribution in [2.45, 2.75) is 63.1 Å². The summed E-state index contributed by atoms with van der Waals surface area (Å²) in [4.78, 5) is 27.7. The second kappa shape index (κ2) is 7.85. The van der Waals surface area contributed by atoms with Crippen LogP contribution >= 0.6 is 0 Å². The molecule has 1 unspecified atom stereocenters. The monoisotopic (exact) mass is 492 g/mol. The molecule has 2 heterocycles. The van der Waals surface area contributed by atoms with Crippen LogP contribution in [0.15, 0.2) is 41.2 Å². The van der Waals surface area contributed by atoms with E-state index in [4.69, 9.17) is 4.74 Å². The molecule has 3 aliphatic rings. The largest absolute Gasteiger partial charge is 0.508 e. The molecule has 5 N–H and O–H groups in total. The molecular formula is C27H32N4O5. The number of aromatic nitrogens is 2. The van der Waals surface area contributed by atoms with Crippen molar-refractivity contribution in [3.63, 3.8) is 0 Å². The van der Waals surface area contributed by atoms with E-state index >= 15 is 0 Å². The summed E-state index contributed by atoms with van der Waals surface area (Å²) >= 11 is 0. The zero-order valence-corrected chi connectivity index (χ0v) is 20.6. The number of carbonyl (C=O) groups is 1. The number of hydrogen-bond donors (Lipinski definition) is 5. The molecule has 190 valence electrons. The minimum absolute atomic E-state index is 0.0206. The van der Waals surface area contributed by atoms with Crippen molar-refractivity contribution in [2.75, 3.05) is 18.5 Å². The smallest absolute Gasteiger partial charge is 0.326 e. The number of aliphatic hydroxyl groups is 1. The third kappa shape index (κ3) is 3.37. The lowest BCUT2D eigenvalue weighted by Crippen LogP contribution is -2.53. The number of anilines is 1. The summed E-state index contributed by atoms with van der Waals surface area (Å²) < 4.78 is 7.57. The number of aromatic amines is 1. The number of H-pyrrole nitrogens is 1. The van der Waals surface area contributed by atoms with Crippen molar-refractivity contribution < 1.29 is 19.7 Å². The first-order valence-electron chi connectivity index (χ1n) is 12.6. The van der Waals surface area contributed by atoms with Crippen molar-refractivity contribution in [1.82, 2.24) is 14.9 Å². The Kier molecular flexibility index (Phi) is 5.04. The van der Waals surface area contributed by atoms with Crippen LogP contribution in [0.3, 0.4) is 0 Å². The molecule has 1 amide bonds. The summed E-state index contributed by atoms with van der Waals surface area (Å²) in [7, 11) is 0. The van der Waals surface area contributed by atoms with E-state index in [2.05, 4.69) is 29.5 Å². The van der Waals surface area contributed by atoms with Gasteiger partial charge < -0.3 is 30.6 Å². The van der Waals surface area contributed by atoms with Crippen LogP contribution in [0.25, 0.3) is 11.0 Å². The fourth-order valence-electron chi connectivity index (χ4n) is 6.96. The molecule has 0 spiro atoms. The molecule has 0 radical (unpaired) electrons. The lowest BCUT2D eigenvalue weighted by molar-refractivity contribution is -0.118. The molecule has 9 heteroatoms. The Morgan fingerprint density at radius 2 is 1.92 bits per heavy atom. The van der Waals surface area contributed by atoms with E-state index in [0.29, 0.717) is 17.0 Å². The number of carbonyl (C=O) groups excluding carboxylic acids is 1. The molecule has 1 aliphatic heterocycles.